The van der Waals surface area contributed by atoms with E-state index in [2.05, 4.69) is 0 Å². The van der Waals surface area contributed by atoms with Crippen LogP contribution in [0.25, 0.3) is 0 Å². The summed E-state index contributed by atoms with van der Waals surface area (Å²) in [5.74, 6) is -0.600. The van der Waals surface area contributed by atoms with Gasteiger partial charge in [0.1, 0.15) is 0 Å². The lowest BCUT2D eigenvalue weighted by atomic mass is 9.85. The van der Waals surface area contributed by atoms with E-state index in [0.29, 0.717) is 5.69 Å². The van der Waals surface area contributed by atoms with Gasteiger partial charge in [-0.2, -0.15) is 0 Å². The van der Waals surface area contributed by atoms with Crippen molar-refractivity contribution >= 4 is 37.2 Å². The molecule has 0 aromatic heterocycles. The van der Waals surface area contributed by atoms with Crippen molar-refractivity contribution in [3.63, 3.8) is 0 Å². The normalized spacial score (nSPS) is 32.9. The van der Waals surface area contributed by atoms with E-state index in [4.69, 9.17) is 10.7 Å². The first kappa shape index (κ1) is 14.0. The lowest BCUT2D eigenvalue weighted by molar-refractivity contribution is -0.123. The maximum Gasteiger partial charge on any atom is 0.261 e. The monoisotopic (exact) mass is 337 g/mol. The zero-order valence-electron chi connectivity index (χ0n) is 11.3. The Kier molecular flexibility index (Phi) is 2.81. The van der Waals surface area contributed by atoms with E-state index in [1.54, 1.807) is 0 Å². The highest BCUT2D eigenvalue weighted by Gasteiger charge is 2.59. The molecule has 2 amide bonds. The molecule has 1 saturated carbocycles. The molecule has 1 aromatic carbocycles. The number of amides is 2. The fraction of sp³-hybridized carbons (Fsp3) is 0.333. The molecule has 2 fully saturated rings. The molecule has 2 bridgehead atoms. The summed E-state index contributed by atoms with van der Waals surface area (Å²) in [5, 5.41) is 0. The van der Waals surface area contributed by atoms with E-state index in [0.717, 1.165) is 6.42 Å². The van der Waals surface area contributed by atoms with E-state index >= 15 is 0 Å². The summed E-state index contributed by atoms with van der Waals surface area (Å²) in [5.41, 5.74) is 0.396. The maximum absolute atomic E-state index is 12.6. The molecule has 7 heteroatoms. The zero-order valence-corrected chi connectivity index (χ0v) is 12.9. The van der Waals surface area contributed by atoms with E-state index in [1.807, 2.05) is 12.2 Å². The van der Waals surface area contributed by atoms with Crippen molar-refractivity contribution in [2.24, 2.45) is 23.7 Å². The molecule has 4 rings (SSSR count). The van der Waals surface area contributed by atoms with Gasteiger partial charge in [0.05, 0.1) is 22.4 Å². The smallest absolute Gasteiger partial charge is 0.261 e. The molecular formula is C15H12ClNO4S. The van der Waals surface area contributed by atoms with Crippen LogP contribution in [0.1, 0.15) is 6.42 Å². The standard InChI is InChI=1S/C15H12ClNO4S/c16-22(20,21)11-5-3-10(4-6-11)17-14(18)12-8-1-2-9(7-8)13(12)15(17)19/h1-6,8-9,12-13H,7H2/t8-,9?,12+,13-/m0/s1. The number of nitrogens with zero attached hydrogens (tertiary/aromatic N) is 1. The fourth-order valence-corrected chi connectivity index (χ4v) is 4.68. The molecule has 1 saturated heterocycles. The van der Waals surface area contributed by atoms with Crippen LogP contribution in [0.5, 0.6) is 0 Å². The average Bonchev–Trinajstić information content (AvgIpc) is 3.12. The van der Waals surface area contributed by atoms with E-state index in [1.165, 1.54) is 29.2 Å². The molecule has 5 nitrogen and oxygen atoms in total. The number of hydrogen-bond donors (Lipinski definition) is 0. The topological polar surface area (TPSA) is 71.5 Å². The molecule has 0 N–H and O–H groups in total. The molecule has 114 valence electrons. The summed E-state index contributed by atoms with van der Waals surface area (Å²) in [7, 11) is 1.45. The molecule has 0 radical (unpaired) electrons. The quantitative estimate of drug-likeness (QED) is 0.469. The van der Waals surface area contributed by atoms with Gasteiger partial charge in [0.25, 0.3) is 9.05 Å². The lowest BCUT2D eigenvalue weighted by Crippen LogP contribution is -2.32. The van der Waals surface area contributed by atoms with Gasteiger partial charge >= 0.3 is 0 Å². The second kappa shape index (κ2) is 4.43. The molecule has 2 aliphatic carbocycles. The van der Waals surface area contributed by atoms with Gasteiger partial charge in [0.15, 0.2) is 0 Å². The minimum atomic E-state index is -3.82. The van der Waals surface area contributed by atoms with Gasteiger partial charge < -0.3 is 0 Å². The van der Waals surface area contributed by atoms with Crippen molar-refractivity contribution < 1.29 is 18.0 Å². The molecule has 0 spiro atoms. The predicted molar refractivity (Wildman–Crippen MR) is 79.7 cm³/mol. The third-order valence-corrected chi connectivity index (χ3v) is 6.22. The second-order valence-electron chi connectivity index (χ2n) is 5.94. The molecule has 1 heterocycles. The van der Waals surface area contributed by atoms with Crippen molar-refractivity contribution in [3.05, 3.63) is 36.4 Å². The minimum absolute atomic E-state index is 0.0565. The summed E-state index contributed by atoms with van der Waals surface area (Å²) in [4.78, 5) is 26.3. The van der Waals surface area contributed by atoms with Crippen molar-refractivity contribution in [2.45, 2.75) is 11.3 Å². The highest BCUT2D eigenvalue weighted by molar-refractivity contribution is 8.13. The lowest BCUT2D eigenvalue weighted by Gasteiger charge is -2.17. The average molecular weight is 338 g/mol. The van der Waals surface area contributed by atoms with Gasteiger partial charge in [-0.05, 0) is 42.5 Å². The Bertz CT molecular complexity index is 784. The van der Waals surface area contributed by atoms with Gasteiger partial charge in [-0.1, -0.05) is 12.2 Å². The van der Waals surface area contributed by atoms with E-state index in [-0.39, 0.29) is 40.4 Å². The summed E-state index contributed by atoms with van der Waals surface area (Å²) in [6.45, 7) is 0. The number of benzene rings is 1. The maximum atomic E-state index is 12.6. The largest absolute Gasteiger partial charge is 0.274 e. The fourth-order valence-electron chi connectivity index (χ4n) is 3.91. The highest BCUT2D eigenvalue weighted by atomic mass is 35.7. The van der Waals surface area contributed by atoms with Crippen LogP contribution in [-0.2, 0) is 18.6 Å². The van der Waals surface area contributed by atoms with Crippen molar-refractivity contribution in [1.29, 1.82) is 0 Å². The Balaban J connectivity index is 1.70. The van der Waals surface area contributed by atoms with Crippen LogP contribution in [0.4, 0.5) is 5.69 Å². The van der Waals surface area contributed by atoms with Crippen LogP contribution in [0.2, 0.25) is 0 Å². The molecule has 1 aliphatic heterocycles. The first-order chi connectivity index (χ1) is 10.4. The Hall–Kier alpha value is -1.66. The number of allylic oxidation sites excluding steroid dienone is 2. The summed E-state index contributed by atoms with van der Waals surface area (Å²) in [6, 6.07) is 5.50. The predicted octanol–water partition coefficient (Wildman–Crippen LogP) is 1.93. The summed E-state index contributed by atoms with van der Waals surface area (Å²) < 4.78 is 22.5. The van der Waals surface area contributed by atoms with Gasteiger partial charge in [0.2, 0.25) is 11.8 Å². The molecule has 1 unspecified atom stereocenters. The van der Waals surface area contributed by atoms with Crippen LogP contribution in [0.15, 0.2) is 41.3 Å². The van der Waals surface area contributed by atoms with Crippen LogP contribution in [-0.4, -0.2) is 20.2 Å². The van der Waals surface area contributed by atoms with Crippen molar-refractivity contribution in [3.8, 4) is 0 Å². The molecular weight excluding hydrogens is 326 g/mol. The third-order valence-electron chi connectivity index (χ3n) is 4.85. The first-order valence-electron chi connectivity index (χ1n) is 6.99. The Labute approximate surface area is 132 Å². The number of carbonyl (C=O) groups excluding carboxylic acids is 2. The Morgan fingerprint density at radius 2 is 1.45 bits per heavy atom. The number of hydrogen-bond acceptors (Lipinski definition) is 4. The summed E-state index contributed by atoms with van der Waals surface area (Å²) in [6.07, 6.45) is 4.94. The summed E-state index contributed by atoms with van der Waals surface area (Å²) >= 11 is 0. The number of rotatable bonds is 2. The molecule has 4 atom stereocenters. The SMILES string of the molecule is O=C1[C@@H]2[C@H]3C=CC(C3)[C@@H]2C(=O)N1c1ccc(S(=O)(=O)Cl)cc1. The van der Waals surface area contributed by atoms with Crippen LogP contribution >= 0.6 is 10.7 Å². The number of fused-ring (bicyclic) bond motifs is 5. The second-order valence-corrected chi connectivity index (χ2v) is 8.51. The molecule has 22 heavy (non-hydrogen) atoms. The number of carbonyl (C=O) groups is 2. The minimum Gasteiger partial charge on any atom is -0.274 e. The van der Waals surface area contributed by atoms with Crippen LogP contribution < -0.4 is 4.90 Å². The Morgan fingerprint density at radius 1 is 0.955 bits per heavy atom. The zero-order chi connectivity index (χ0) is 15.6. The van der Waals surface area contributed by atoms with Crippen molar-refractivity contribution in [1.82, 2.24) is 0 Å². The number of imide groups is 1. The molecule has 1 aromatic rings. The van der Waals surface area contributed by atoms with Gasteiger partial charge in [0, 0.05) is 10.7 Å². The molecule has 3 aliphatic rings. The van der Waals surface area contributed by atoms with E-state index < -0.39 is 9.05 Å². The van der Waals surface area contributed by atoms with Gasteiger partial charge in [-0.25, -0.2) is 8.42 Å². The van der Waals surface area contributed by atoms with Crippen LogP contribution in [0.3, 0.4) is 0 Å². The first-order valence-corrected chi connectivity index (χ1v) is 9.30. The third kappa shape index (κ3) is 1.80. The highest BCUT2D eigenvalue weighted by Crippen LogP contribution is 2.53. The van der Waals surface area contributed by atoms with Crippen molar-refractivity contribution in [2.75, 3.05) is 4.90 Å². The van der Waals surface area contributed by atoms with Crippen LogP contribution in [0, 0.1) is 23.7 Å². The number of halogens is 1. The van der Waals surface area contributed by atoms with Gasteiger partial charge in [-0.3, -0.25) is 14.5 Å². The Morgan fingerprint density at radius 3 is 1.91 bits per heavy atom. The van der Waals surface area contributed by atoms with Gasteiger partial charge in [-0.15, -0.1) is 0 Å². The number of anilines is 1. The van der Waals surface area contributed by atoms with E-state index in [9.17, 15) is 18.0 Å².